The zero-order valence-electron chi connectivity index (χ0n) is 11.7. The number of hydrogen-bond acceptors (Lipinski definition) is 5. The molecular formula is C14H20O5. The van der Waals surface area contributed by atoms with Gasteiger partial charge in [-0.3, -0.25) is 0 Å². The van der Waals surface area contributed by atoms with E-state index in [1.54, 1.807) is 7.11 Å². The van der Waals surface area contributed by atoms with Crippen molar-refractivity contribution >= 4 is 5.97 Å². The Morgan fingerprint density at radius 1 is 1.42 bits per heavy atom. The molecule has 5 heteroatoms. The molecule has 0 spiro atoms. The van der Waals surface area contributed by atoms with Crippen molar-refractivity contribution < 1.29 is 23.7 Å². The predicted octanol–water partition coefficient (Wildman–Crippen LogP) is 1.41. The van der Waals surface area contributed by atoms with Gasteiger partial charge in [0.05, 0.1) is 19.8 Å². The number of carbonyl (C=O) groups excluding carboxylic acids is 1. The summed E-state index contributed by atoms with van der Waals surface area (Å²) in [4.78, 5) is 11.1. The molecule has 0 aromatic carbocycles. The summed E-state index contributed by atoms with van der Waals surface area (Å²) in [5.41, 5.74) is 0. The molecule has 2 fully saturated rings. The van der Waals surface area contributed by atoms with E-state index in [0.29, 0.717) is 6.61 Å². The lowest BCUT2D eigenvalue weighted by atomic mass is 10.2. The summed E-state index contributed by atoms with van der Waals surface area (Å²) in [6.45, 7) is 7.28. The third kappa shape index (κ3) is 3.35. The molecule has 0 amide bonds. The van der Waals surface area contributed by atoms with Crippen molar-refractivity contribution in [1.82, 2.24) is 0 Å². The van der Waals surface area contributed by atoms with Gasteiger partial charge in [-0.2, -0.15) is 0 Å². The van der Waals surface area contributed by atoms with Crippen LogP contribution in [0, 0.1) is 24.4 Å². The Morgan fingerprint density at radius 2 is 2.16 bits per heavy atom. The molecule has 106 valence electrons. The van der Waals surface area contributed by atoms with Crippen LogP contribution in [0.5, 0.6) is 0 Å². The van der Waals surface area contributed by atoms with Gasteiger partial charge in [-0.25, -0.2) is 4.79 Å². The van der Waals surface area contributed by atoms with E-state index in [0.717, 1.165) is 0 Å². The van der Waals surface area contributed by atoms with Crippen LogP contribution in [0.3, 0.4) is 0 Å². The molecule has 1 aliphatic heterocycles. The highest BCUT2D eigenvalue weighted by atomic mass is 16.7. The molecule has 5 nitrogen and oxygen atoms in total. The Bertz CT molecular complexity index is 363. The molecule has 0 aromatic rings. The van der Waals surface area contributed by atoms with Crippen molar-refractivity contribution in [2.45, 2.75) is 25.7 Å². The van der Waals surface area contributed by atoms with Crippen LogP contribution in [-0.2, 0) is 23.7 Å². The number of methoxy groups -OCH3 is 2. The van der Waals surface area contributed by atoms with E-state index in [1.165, 1.54) is 13.2 Å². The van der Waals surface area contributed by atoms with E-state index < -0.39 is 5.79 Å². The normalized spacial score (nSPS) is 36.6. The van der Waals surface area contributed by atoms with Gasteiger partial charge < -0.3 is 18.9 Å². The van der Waals surface area contributed by atoms with Gasteiger partial charge >= 0.3 is 5.97 Å². The van der Waals surface area contributed by atoms with Crippen molar-refractivity contribution in [3.8, 4) is 0 Å². The Hall–Kier alpha value is -0.910. The zero-order valence-corrected chi connectivity index (χ0v) is 11.7. The molecule has 0 unspecified atom stereocenters. The minimum Gasteiger partial charge on any atom is -0.466 e. The van der Waals surface area contributed by atoms with Gasteiger partial charge in [0.25, 0.3) is 0 Å². The SMILES string of the molecule is CO[C][C@@H]1[C@@H](/C=C\C(=O)OC)[C@H]1[C@H]1COC(C)(C)O1. The van der Waals surface area contributed by atoms with Gasteiger partial charge in [-0.05, 0) is 19.8 Å². The second kappa shape index (κ2) is 5.61. The summed E-state index contributed by atoms with van der Waals surface area (Å²) < 4.78 is 21.0. The van der Waals surface area contributed by atoms with Crippen LogP contribution in [0.25, 0.3) is 0 Å². The highest BCUT2D eigenvalue weighted by Crippen LogP contribution is 2.54. The van der Waals surface area contributed by atoms with Crippen molar-refractivity contribution in [2.24, 2.45) is 17.8 Å². The molecule has 2 radical (unpaired) electrons. The highest BCUT2D eigenvalue weighted by molar-refractivity contribution is 5.81. The van der Waals surface area contributed by atoms with Crippen molar-refractivity contribution in [1.29, 1.82) is 0 Å². The minimum absolute atomic E-state index is 0.00921. The van der Waals surface area contributed by atoms with E-state index >= 15 is 0 Å². The lowest BCUT2D eigenvalue weighted by Crippen LogP contribution is -2.23. The summed E-state index contributed by atoms with van der Waals surface area (Å²) >= 11 is 0. The van der Waals surface area contributed by atoms with Crippen molar-refractivity contribution in [3.05, 3.63) is 18.8 Å². The number of hydrogen-bond donors (Lipinski definition) is 0. The zero-order chi connectivity index (χ0) is 14.0. The van der Waals surface area contributed by atoms with Gasteiger partial charge in [0.15, 0.2) is 5.79 Å². The maximum absolute atomic E-state index is 11.1. The van der Waals surface area contributed by atoms with E-state index in [4.69, 9.17) is 14.2 Å². The average molecular weight is 268 g/mol. The lowest BCUT2D eigenvalue weighted by Gasteiger charge is -2.17. The van der Waals surface area contributed by atoms with Crippen LogP contribution in [0.15, 0.2) is 12.2 Å². The maximum atomic E-state index is 11.1. The Morgan fingerprint density at radius 3 is 2.68 bits per heavy atom. The fourth-order valence-electron chi connectivity index (χ4n) is 2.54. The van der Waals surface area contributed by atoms with Crippen molar-refractivity contribution in [2.75, 3.05) is 20.8 Å². The second-order valence-electron chi connectivity index (χ2n) is 5.25. The summed E-state index contributed by atoms with van der Waals surface area (Å²) in [6, 6.07) is 0. The third-order valence-corrected chi connectivity index (χ3v) is 3.50. The van der Waals surface area contributed by atoms with E-state index in [2.05, 4.69) is 11.3 Å². The fourth-order valence-corrected chi connectivity index (χ4v) is 2.54. The molecule has 1 aliphatic carbocycles. The molecule has 1 heterocycles. The van der Waals surface area contributed by atoms with E-state index in [1.807, 2.05) is 19.9 Å². The van der Waals surface area contributed by atoms with Gasteiger partial charge in [0.2, 0.25) is 0 Å². The lowest BCUT2D eigenvalue weighted by molar-refractivity contribution is -0.141. The molecule has 0 N–H and O–H groups in total. The number of rotatable bonds is 5. The number of allylic oxidation sites excluding steroid dienone is 1. The first kappa shape index (κ1) is 14.5. The van der Waals surface area contributed by atoms with Crippen LogP contribution >= 0.6 is 0 Å². The Labute approximate surface area is 113 Å². The average Bonchev–Trinajstić information content (AvgIpc) is 2.92. The van der Waals surface area contributed by atoms with E-state index in [-0.39, 0.29) is 29.8 Å². The summed E-state index contributed by atoms with van der Waals surface area (Å²) in [7, 11) is 2.94. The standard InChI is InChI=1S/C14H20O5/c1-14(2)18-8-11(19-14)13-9(10(13)7-16-3)5-6-12(15)17-4/h5-6,9-11,13H,8H2,1-4H3/b6-5-/t9-,10-,11-,13-/m1/s1. The van der Waals surface area contributed by atoms with Crippen LogP contribution in [0.4, 0.5) is 0 Å². The number of carbonyl (C=O) groups is 1. The van der Waals surface area contributed by atoms with Crippen LogP contribution in [-0.4, -0.2) is 38.7 Å². The minimum atomic E-state index is -0.540. The summed E-state index contributed by atoms with van der Waals surface area (Å²) in [6.07, 6.45) is 3.28. The smallest absolute Gasteiger partial charge is 0.330 e. The summed E-state index contributed by atoms with van der Waals surface area (Å²) in [5, 5.41) is 0. The third-order valence-electron chi connectivity index (χ3n) is 3.50. The molecule has 2 rings (SSSR count). The maximum Gasteiger partial charge on any atom is 0.330 e. The molecule has 1 saturated carbocycles. The molecule has 0 bridgehead atoms. The number of esters is 1. The topological polar surface area (TPSA) is 54.0 Å². The van der Waals surface area contributed by atoms with Gasteiger partial charge in [-0.1, -0.05) is 6.08 Å². The van der Waals surface area contributed by atoms with Gasteiger partial charge in [0, 0.05) is 25.0 Å². The van der Waals surface area contributed by atoms with Crippen molar-refractivity contribution in [3.63, 3.8) is 0 Å². The molecule has 4 atom stereocenters. The first-order chi connectivity index (χ1) is 8.98. The molecular weight excluding hydrogens is 248 g/mol. The highest BCUT2D eigenvalue weighted by Gasteiger charge is 2.56. The van der Waals surface area contributed by atoms with Crippen LogP contribution in [0.1, 0.15) is 13.8 Å². The monoisotopic (exact) mass is 268 g/mol. The molecule has 2 aliphatic rings. The van der Waals surface area contributed by atoms with Crippen LogP contribution in [0.2, 0.25) is 0 Å². The summed E-state index contributed by atoms with van der Waals surface area (Å²) in [5.74, 6) is -0.343. The predicted molar refractivity (Wildman–Crippen MR) is 66.8 cm³/mol. The largest absolute Gasteiger partial charge is 0.466 e. The first-order valence-corrected chi connectivity index (χ1v) is 6.35. The second-order valence-corrected chi connectivity index (χ2v) is 5.25. The molecule has 0 aromatic heterocycles. The Balaban J connectivity index is 1.95. The quantitative estimate of drug-likeness (QED) is 0.557. The van der Waals surface area contributed by atoms with E-state index in [9.17, 15) is 4.79 Å². The fraction of sp³-hybridized carbons (Fsp3) is 0.714. The molecule has 19 heavy (non-hydrogen) atoms. The van der Waals surface area contributed by atoms with Gasteiger partial charge in [-0.15, -0.1) is 0 Å². The first-order valence-electron chi connectivity index (χ1n) is 6.35. The Kier molecular flexibility index (Phi) is 4.28. The van der Waals surface area contributed by atoms with Gasteiger partial charge in [0.1, 0.15) is 6.61 Å². The number of ether oxygens (including phenoxy) is 4. The molecule has 1 saturated heterocycles. The van der Waals surface area contributed by atoms with Crippen LogP contribution < -0.4 is 0 Å².